The average Bonchev–Trinajstić information content (AvgIpc) is 2.66. The number of hydrogen-bond donors (Lipinski definition) is 0. The molecule has 0 N–H and O–H groups in total. The van der Waals surface area contributed by atoms with Gasteiger partial charge >= 0.3 is 5.00 Å². The number of rotatable bonds is 2. The van der Waals surface area contributed by atoms with Crippen LogP contribution in [0.15, 0.2) is 12.1 Å². The minimum absolute atomic E-state index is 0.194. The maximum Gasteiger partial charge on any atom is 0.326 e. The van der Waals surface area contributed by atoms with Gasteiger partial charge in [0.15, 0.2) is 0 Å². The molecule has 0 unspecified atom stereocenters. The van der Waals surface area contributed by atoms with Gasteiger partial charge < -0.3 is 9.64 Å². The van der Waals surface area contributed by atoms with Gasteiger partial charge in [0.25, 0.3) is 0 Å². The predicted octanol–water partition coefficient (Wildman–Crippen LogP) is 1.88. The Morgan fingerprint density at radius 1 is 1.67 bits per heavy atom. The molecule has 5 nitrogen and oxygen atoms in total. The minimum atomic E-state index is -0.349. The first kappa shape index (κ1) is 10.4. The highest BCUT2D eigenvalue weighted by atomic mass is 32.1. The van der Waals surface area contributed by atoms with Gasteiger partial charge in [-0.15, -0.1) is 0 Å². The number of nitrogens with zero attached hydrogens (tertiary/aromatic N) is 2. The zero-order valence-corrected chi connectivity index (χ0v) is 9.20. The summed E-state index contributed by atoms with van der Waals surface area (Å²) in [6, 6.07) is 3.36. The topological polar surface area (TPSA) is 55.6 Å². The van der Waals surface area contributed by atoms with E-state index in [9.17, 15) is 10.1 Å². The van der Waals surface area contributed by atoms with Gasteiger partial charge in [0, 0.05) is 19.2 Å². The average molecular weight is 228 g/mol. The van der Waals surface area contributed by atoms with Crippen molar-refractivity contribution in [2.24, 2.45) is 0 Å². The van der Waals surface area contributed by atoms with Gasteiger partial charge in [-0.1, -0.05) is 0 Å². The van der Waals surface area contributed by atoms with Crippen molar-refractivity contribution in [3.63, 3.8) is 0 Å². The molecule has 1 aliphatic heterocycles. The third-order valence-electron chi connectivity index (χ3n) is 2.31. The molecular formula is C9H12N2O3S. The Kier molecular flexibility index (Phi) is 2.88. The Balaban J connectivity index is 2.11. The highest BCUT2D eigenvalue weighted by Crippen LogP contribution is 2.32. The Morgan fingerprint density at radius 3 is 3.07 bits per heavy atom. The largest absolute Gasteiger partial charge is 0.375 e. The zero-order chi connectivity index (χ0) is 10.8. The quantitative estimate of drug-likeness (QED) is 0.573. The molecule has 1 atom stereocenters. The molecule has 1 fully saturated rings. The maximum atomic E-state index is 10.5. The molecule has 0 radical (unpaired) electrons. The summed E-state index contributed by atoms with van der Waals surface area (Å²) in [4.78, 5) is 12.3. The summed E-state index contributed by atoms with van der Waals surface area (Å²) < 4.78 is 5.41. The number of ether oxygens (including phenoxy) is 1. The van der Waals surface area contributed by atoms with Crippen molar-refractivity contribution < 1.29 is 9.66 Å². The standard InChI is InChI=1S/C9H12N2O3S/c1-7-6-10(4-5-14-7)8-2-3-9(15-8)11(12)13/h2-3,7H,4-6H2,1H3/t7-/m0/s1. The van der Waals surface area contributed by atoms with Crippen LogP contribution in [0.2, 0.25) is 0 Å². The number of anilines is 1. The normalized spacial score (nSPS) is 21.7. The fourth-order valence-electron chi connectivity index (χ4n) is 1.60. The molecule has 2 rings (SSSR count). The summed E-state index contributed by atoms with van der Waals surface area (Å²) in [5, 5.41) is 11.7. The van der Waals surface area contributed by atoms with E-state index in [4.69, 9.17) is 4.74 Å². The molecule has 0 aromatic carbocycles. The predicted molar refractivity (Wildman–Crippen MR) is 58.6 cm³/mol. The SMILES string of the molecule is C[C@H]1CN(c2ccc([N+](=O)[O-])s2)CCO1. The lowest BCUT2D eigenvalue weighted by molar-refractivity contribution is -0.380. The minimum Gasteiger partial charge on any atom is -0.375 e. The summed E-state index contributed by atoms with van der Waals surface area (Å²) in [6.45, 7) is 4.31. The van der Waals surface area contributed by atoms with E-state index in [1.54, 1.807) is 12.1 Å². The van der Waals surface area contributed by atoms with E-state index >= 15 is 0 Å². The van der Waals surface area contributed by atoms with Gasteiger partial charge in [-0.25, -0.2) is 0 Å². The fourth-order valence-corrected chi connectivity index (χ4v) is 2.46. The highest BCUT2D eigenvalue weighted by Gasteiger charge is 2.20. The van der Waals surface area contributed by atoms with Gasteiger partial charge in [-0.3, -0.25) is 10.1 Å². The molecule has 15 heavy (non-hydrogen) atoms. The maximum absolute atomic E-state index is 10.5. The molecule has 82 valence electrons. The smallest absolute Gasteiger partial charge is 0.326 e. The van der Waals surface area contributed by atoms with Crippen LogP contribution < -0.4 is 4.90 Å². The lowest BCUT2D eigenvalue weighted by Crippen LogP contribution is -2.40. The van der Waals surface area contributed by atoms with Gasteiger partial charge in [-0.05, 0) is 24.3 Å². The first-order chi connectivity index (χ1) is 7.16. The van der Waals surface area contributed by atoms with Crippen LogP contribution in [-0.4, -0.2) is 30.7 Å². The molecular weight excluding hydrogens is 216 g/mol. The molecule has 0 bridgehead atoms. The zero-order valence-electron chi connectivity index (χ0n) is 8.38. The van der Waals surface area contributed by atoms with Gasteiger partial charge in [0.1, 0.15) is 0 Å². The van der Waals surface area contributed by atoms with E-state index < -0.39 is 0 Å². The van der Waals surface area contributed by atoms with E-state index in [1.807, 2.05) is 6.92 Å². The molecule has 0 aliphatic carbocycles. The molecule has 0 amide bonds. The van der Waals surface area contributed by atoms with Gasteiger partial charge in [0.05, 0.1) is 22.6 Å². The van der Waals surface area contributed by atoms with E-state index in [0.29, 0.717) is 6.61 Å². The summed E-state index contributed by atoms with van der Waals surface area (Å²) in [6.07, 6.45) is 0.194. The molecule has 1 aliphatic rings. The first-order valence-electron chi connectivity index (χ1n) is 4.77. The van der Waals surface area contributed by atoms with Crippen LogP contribution in [0.1, 0.15) is 6.92 Å². The van der Waals surface area contributed by atoms with Gasteiger partial charge in [0.2, 0.25) is 0 Å². The molecule has 1 aromatic heterocycles. The van der Waals surface area contributed by atoms with Crippen LogP contribution in [0.5, 0.6) is 0 Å². The van der Waals surface area contributed by atoms with E-state index in [0.717, 1.165) is 18.1 Å². The second-order valence-corrected chi connectivity index (χ2v) is 4.54. The van der Waals surface area contributed by atoms with Crippen LogP contribution >= 0.6 is 11.3 Å². The van der Waals surface area contributed by atoms with E-state index in [1.165, 1.54) is 11.3 Å². The summed E-state index contributed by atoms with van der Waals surface area (Å²) in [7, 11) is 0. The van der Waals surface area contributed by atoms with Crippen LogP contribution in [0, 0.1) is 10.1 Å². The van der Waals surface area contributed by atoms with Crippen LogP contribution in [0.25, 0.3) is 0 Å². The molecule has 1 saturated heterocycles. The van der Waals surface area contributed by atoms with Crippen LogP contribution in [0.4, 0.5) is 10.0 Å². The number of hydrogen-bond acceptors (Lipinski definition) is 5. The summed E-state index contributed by atoms with van der Waals surface area (Å²) in [5.74, 6) is 0. The molecule has 0 spiro atoms. The molecule has 0 saturated carbocycles. The van der Waals surface area contributed by atoms with E-state index in [2.05, 4.69) is 4.90 Å². The Labute approximate surface area is 91.4 Å². The van der Waals surface area contributed by atoms with Crippen molar-refractivity contribution in [2.45, 2.75) is 13.0 Å². The van der Waals surface area contributed by atoms with Crippen molar-refractivity contribution in [3.05, 3.63) is 22.2 Å². The molecule has 1 aromatic rings. The van der Waals surface area contributed by atoms with Crippen molar-refractivity contribution in [1.82, 2.24) is 0 Å². The summed E-state index contributed by atoms with van der Waals surface area (Å²) >= 11 is 1.22. The van der Waals surface area contributed by atoms with Crippen molar-refractivity contribution in [2.75, 3.05) is 24.6 Å². The Hall–Kier alpha value is -1.14. The Bertz CT molecular complexity index is 366. The van der Waals surface area contributed by atoms with Crippen molar-refractivity contribution in [1.29, 1.82) is 0 Å². The molecule has 6 heteroatoms. The third kappa shape index (κ3) is 2.27. The van der Waals surface area contributed by atoms with Crippen LogP contribution in [0.3, 0.4) is 0 Å². The highest BCUT2D eigenvalue weighted by molar-refractivity contribution is 7.19. The lowest BCUT2D eigenvalue weighted by Gasteiger charge is -2.31. The monoisotopic (exact) mass is 228 g/mol. The Morgan fingerprint density at radius 2 is 2.47 bits per heavy atom. The van der Waals surface area contributed by atoms with Crippen LogP contribution in [-0.2, 0) is 4.74 Å². The second kappa shape index (κ2) is 4.16. The number of thiophene rings is 1. The summed E-state index contributed by atoms with van der Waals surface area (Å²) in [5.41, 5.74) is 0. The van der Waals surface area contributed by atoms with E-state index in [-0.39, 0.29) is 16.0 Å². The second-order valence-electron chi connectivity index (χ2n) is 3.50. The first-order valence-corrected chi connectivity index (χ1v) is 5.59. The van der Waals surface area contributed by atoms with Crippen molar-refractivity contribution in [3.8, 4) is 0 Å². The molecule has 2 heterocycles. The lowest BCUT2D eigenvalue weighted by atomic mass is 10.3. The van der Waals surface area contributed by atoms with Crippen molar-refractivity contribution >= 4 is 21.3 Å². The number of morpholine rings is 1. The number of nitro groups is 1. The third-order valence-corrected chi connectivity index (χ3v) is 3.41. The van der Waals surface area contributed by atoms with Gasteiger partial charge in [-0.2, -0.15) is 0 Å². The fraction of sp³-hybridized carbons (Fsp3) is 0.556.